The molecular weight excluding hydrogens is 262 g/mol. The predicted molar refractivity (Wildman–Crippen MR) is 87.7 cm³/mol. The maximum Gasteiger partial charge on any atom is 0.119 e. The van der Waals surface area contributed by atoms with E-state index in [0.717, 1.165) is 44.8 Å². The molecule has 0 atom stereocenters. The fraction of sp³-hybridized carbons (Fsp3) is 0.647. The van der Waals surface area contributed by atoms with Crippen LogP contribution < -0.4 is 10.5 Å². The summed E-state index contributed by atoms with van der Waals surface area (Å²) in [7, 11) is 0. The Kier molecular flexibility index (Phi) is 7.57. The van der Waals surface area contributed by atoms with Gasteiger partial charge >= 0.3 is 0 Å². The van der Waals surface area contributed by atoms with Crippen LogP contribution in [0.3, 0.4) is 0 Å². The number of hydrogen-bond acceptors (Lipinski definition) is 4. The van der Waals surface area contributed by atoms with Crippen LogP contribution in [0.25, 0.3) is 0 Å². The van der Waals surface area contributed by atoms with Gasteiger partial charge in [-0.1, -0.05) is 18.2 Å². The van der Waals surface area contributed by atoms with E-state index in [2.05, 4.69) is 9.80 Å². The lowest BCUT2D eigenvalue weighted by molar-refractivity contribution is 0.231. The lowest BCUT2D eigenvalue weighted by Crippen LogP contribution is -2.32. The highest BCUT2D eigenvalue weighted by Crippen LogP contribution is 2.09. The van der Waals surface area contributed by atoms with E-state index in [1.54, 1.807) is 0 Å². The second-order valence-corrected chi connectivity index (χ2v) is 5.69. The molecule has 0 aromatic heterocycles. The molecule has 0 radical (unpaired) electrons. The minimum absolute atomic E-state index is 0.803. The highest BCUT2D eigenvalue weighted by atomic mass is 16.5. The molecule has 0 aliphatic carbocycles. The first kappa shape index (κ1) is 16.3. The topological polar surface area (TPSA) is 41.7 Å². The summed E-state index contributed by atoms with van der Waals surface area (Å²) in [6.07, 6.45) is 3.48. The van der Waals surface area contributed by atoms with Gasteiger partial charge in [0.05, 0.1) is 6.61 Å². The molecule has 0 bridgehead atoms. The molecule has 4 nitrogen and oxygen atoms in total. The Labute approximate surface area is 128 Å². The molecule has 0 spiro atoms. The van der Waals surface area contributed by atoms with E-state index in [0.29, 0.717) is 0 Å². The number of ether oxygens (including phenoxy) is 1. The molecule has 1 aromatic carbocycles. The van der Waals surface area contributed by atoms with E-state index in [-0.39, 0.29) is 0 Å². The van der Waals surface area contributed by atoms with E-state index in [9.17, 15) is 0 Å². The van der Waals surface area contributed by atoms with Crippen LogP contribution in [0.15, 0.2) is 30.3 Å². The molecule has 21 heavy (non-hydrogen) atoms. The zero-order valence-electron chi connectivity index (χ0n) is 13.0. The fourth-order valence-corrected chi connectivity index (χ4v) is 2.78. The molecule has 0 saturated carbocycles. The van der Waals surface area contributed by atoms with Crippen molar-refractivity contribution in [2.24, 2.45) is 5.73 Å². The Morgan fingerprint density at radius 1 is 0.905 bits per heavy atom. The largest absolute Gasteiger partial charge is 0.494 e. The lowest BCUT2D eigenvalue weighted by Gasteiger charge is -2.21. The lowest BCUT2D eigenvalue weighted by atomic mass is 10.3. The summed E-state index contributed by atoms with van der Waals surface area (Å²) in [6, 6.07) is 10.1. The molecule has 0 amide bonds. The molecule has 118 valence electrons. The molecule has 1 fully saturated rings. The molecule has 1 aromatic rings. The zero-order chi connectivity index (χ0) is 14.8. The van der Waals surface area contributed by atoms with Crippen molar-refractivity contribution >= 4 is 0 Å². The van der Waals surface area contributed by atoms with Gasteiger partial charge in [-0.05, 0) is 57.6 Å². The van der Waals surface area contributed by atoms with Crippen LogP contribution in [0.5, 0.6) is 5.75 Å². The minimum Gasteiger partial charge on any atom is -0.494 e. The quantitative estimate of drug-likeness (QED) is 0.742. The van der Waals surface area contributed by atoms with E-state index in [1.165, 1.54) is 32.6 Å². The van der Waals surface area contributed by atoms with Gasteiger partial charge in [-0.2, -0.15) is 0 Å². The van der Waals surface area contributed by atoms with Crippen molar-refractivity contribution in [3.8, 4) is 5.75 Å². The van der Waals surface area contributed by atoms with Gasteiger partial charge in [0.2, 0.25) is 0 Å². The van der Waals surface area contributed by atoms with Gasteiger partial charge in [0, 0.05) is 19.6 Å². The Hall–Kier alpha value is -1.10. The smallest absolute Gasteiger partial charge is 0.119 e. The van der Waals surface area contributed by atoms with Gasteiger partial charge in [-0.25, -0.2) is 0 Å². The summed E-state index contributed by atoms with van der Waals surface area (Å²) in [5.74, 6) is 0.973. The first-order valence-electron chi connectivity index (χ1n) is 8.21. The Balaban J connectivity index is 1.58. The molecule has 0 unspecified atom stereocenters. The van der Waals surface area contributed by atoms with E-state index in [4.69, 9.17) is 10.5 Å². The minimum atomic E-state index is 0.803. The van der Waals surface area contributed by atoms with Crippen molar-refractivity contribution in [1.82, 2.24) is 9.80 Å². The maximum atomic E-state index is 5.75. The third kappa shape index (κ3) is 6.46. The standard InChI is InChI=1S/C17H29N3O/c18-9-4-10-19-11-5-12-20(15-14-19)13-6-16-21-17-7-2-1-3-8-17/h1-3,7-8H,4-6,9-16,18H2. The summed E-state index contributed by atoms with van der Waals surface area (Å²) < 4.78 is 5.75. The monoisotopic (exact) mass is 291 g/mol. The molecular formula is C17H29N3O. The fourth-order valence-electron chi connectivity index (χ4n) is 2.78. The van der Waals surface area contributed by atoms with Gasteiger partial charge in [0.25, 0.3) is 0 Å². The second kappa shape index (κ2) is 9.77. The van der Waals surface area contributed by atoms with Crippen LogP contribution in [0.2, 0.25) is 0 Å². The Bertz CT molecular complexity index is 372. The van der Waals surface area contributed by atoms with Crippen molar-refractivity contribution in [3.63, 3.8) is 0 Å². The predicted octanol–water partition coefficient (Wildman–Crippen LogP) is 1.81. The number of hydrogen-bond donors (Lipinski definition) is 1. The van der Waals surface area contributed by atoms with Crippen molar-refractivity contribution in [3.05, 3.63) is 30.3 Å². The summed E-state index contributed by atoms with van der Waals surface area (Å²) in [4.78, 5) is 5.12. The van der Waals surface area contributed by atoms with Crippen LogP contribution >= 0.6 is 0 Å². The average Bonchev–Trinajstić information content (AvgIpc) is 2.76. The SMILES string of the molecule is NCCCN1CCCN(CCCOc2ccccc2)CC1. The number of rotatable bonds is 8. The first-order chi connectivity index (χ1) is 10.4. The van der Waals surface area contributed by atoms with E-state index in [1.807, 2.05) is 30.3 Å². The van der Waals surface area contributed by atoms with Gasteiger partial charge in [0.15, 0.2) is 0 Å². The average molecular weight is 291 g/mol. The zero-order valence-corrected chi connectivity index (χ0v) is 13.0. The number of nitrogens with zero attached hydrogens (tertiary/aromatic N) is 2. The Morgan fingerprint density at radius 3 is 2.24 bits per heavy atom. The van der Waals surface area contributed by atoms with Crippen LogP contribution in [-0.4, -0.2) is 62.2 Å². The highest BCUT2D eigenvalue weighted by molar-refractivity contribution is 5.20. The Morgan fingerprint density at radius 2 is 1.57 bits per heavy atom. The van der Waals surface area contributed by atoms with Crippen LogP contribution in [0, 0.1) is 0 Å². The first-order valence-corrected chi connectivity index (χ1v) is 8.21. The number of benzene rings is 1. The molecule has 1 aliphatic heterocycles. The van der Waals surface area contributed by atoms with Crippen LogP contribution in [0.1, 0.15) is 19.3 Å². The van der Waals surface area contributed by atoms with Gasteiger partial charge < -0.3 is 20.3 Å². The molecule has 1 heterocycles. The summed E-state index contributed by atoms with van der Waals surface area (Å²) in [5.41, 5.74) is 5.59. The number of para-hydroxylation sites is 1. The van der Waals surface area contributed by atoms with Crippen LogP contribution in [0.4, 0.5) is 0 Å². The molecule has 2 N–H and O–H groups in total. The highest BCUT2D eigenvalue weighted by Gasteiger charge is 2.13. The molecule has 1 aliphatic rings. The van der Waals surface area contributed by atoms with Gasteiger partial charge in [-0.3, -0.25) is 0 Å². The van der Waals surface area contributed by atoms with Crippen molar-refractivity contribution in [1.29, 1.82) is 0 Å². The van der Waals surface area contributed by atoms with Crippen LogP contribution in [-0.2, 0) is 0 Å². The number of nitrogens with two attached hydrogens (primary N) is 1. The van der Waals surface area contributed by atoms with Gasteiger partial charge in [-0.15, -0.1) is 0 Å². The normalized spacial score (nSPS) is 17.6. The third-order valence-corrected chi connectivity index (χ3v) is 3.99. The van der Waals surface area contributed by atoms with Crippen molar-refractivity contribution < 1.29 is 4.74 Å². The molecule has 2 rings (SSSR count). The second-order valence-electron chi connectivity index (χ2n) is 5.69. The maximum absolute atomic E-state index is 5.75. The van der Waals surface area contributed by atoms with Crippen molar-refractivity contribution in [2.75, 3.05) is 52.4 Å². The van der Waals surface area contributed by atoms with Gasteiger partial charge in [0.1, 0.15) is 5.75 Å². The summed E-state index contributed by atoms with van der Waals surface area (Å²) in [5, 5.41) is 0. The third-order valence-electron chi connectivity index (χ3n) is 3.99. The molecule has 1 saturated heterocycles. The summed E-state index contributed by atoms with van der Waals surface area (Å²) >= 11 is 0. The molecule has 4 heteroatoms. The summed E-state index contributed by atoms with van der Waals surface area (Å²) in [6.45, 7) is 8.68. The van der Waals surface area contributed by atoms with Crippen molar-refractivity contribution in [2.45, 2.75) is 19.3 Å². The van der Waals surface area contributed by atoms with E-state index < -0.39 is 0 Å². The van der Waals surface area contributed by atoms with E-state index >= 15 is 0 Å².